The SMILES string of the molecule is Bc1ccc2c(-c3cnn4cc(-c5ccc(OCCN6CCOCC6)cn5)cnc34)cccc2n1. The van der Waals surface area contributed by atoms with E-state index in [1.54, 1.807) is 10.7 Å². The van der Waals surface area contributed by atoms with Crippen molar-refractivity contribution in [2.24, 2.45) is 0 Å². The summed E-state index contributed by atoms with van der Waals surface area (Å²) in [5.41, 5.74) is 6.52. The van der Waals surface area contributed by atoms with Crippen molar-refractivity contribution < 1.29 is 9.47 Å². The van der Waals surface area contributed by atoms with Gasteiger partial charge < -0.3 is 9.47 Å². The molecule has 4 aromatic heterocycles. The van der Waals surface area contributed by atoms with Gasteiger partial charge in [0.25, 0.3) is 0 Å². The minimum Gasteiger partial charge on any atom is -0.491 e. The Morgan fingerprint density at radius 3 is 2.71 bits per heavy atom. The minimum absolute atomic E-state index is 0.633. The highest BCUT2D eigenvalue weighted by molar-refractivity contribution is 6.31. The predicted molar refractivity (Wildman–Crippen MR) is 138 cm³/mol. The lowest BCUT2D eigenvalue weighted by molar-refractivity contribution is 0.0322. The van der Waals surface area contributed by atoms with Crippen molar-refractivity contribution in [3.63, 3.8) is 0 Å². The Hall–Kier alpha value is -3.82. The number of hydrogen-bond acceptors (Lipinski definition) is 7. The second kappa shape index (κ2) is 9.44. The lowest BCUT2D eigenvalue weighted by Gasteiger charge is -2.26. The Bertz CT molecular complexity index is 1480. The summed E-state index contributed by atoms with van der Waals surface area (Å²) in [6.45, 7) is 5.04. The van der Waals surface area contributed by atoms with E-state index >= 15 is 0 Å². The van der Waals surface area contributed by atoms with Crippen molar-refractivity contribution in [2.75, 3.05) is 39.5 Å². The molecule has 0 N–H and O–H groups in total. The maximum absolute atomic E-state index is 5.88. The molecule has 8 nitrogen and oxygen atoms in total. The molecule has 1 saturated heterocycles. The molecule has 1 aliphatic rings. The largest absolute Gasteiger partial charge is 0.491 e. The second-order valence-electron chi connectivity index (χ2n) is 8.68. The highest BCUT2D eigenvalue weighted by atomic mass is 16.5. The van der Waals surface area contributed by atoms with Gasteiger partial charge in [0.1, 0.15) is 12.4 Å². The van der Waals surface area contributed by atoms with Crippen LogP contribution in [0.4, 0.5) is 0 Å². The van der Waals surface area contributed by atoms with Crippen molar-refractivity contribution in [1.82, 2.24) is 29.5 Å². The van der Waals surface area contributed by atoms with Crippen LogP contribution in [0.2, 0.25) is 0 Å². The van der Waals surface area contributed by atoms with Crippen LogP contribution in [0.15, 0.2) is 67.3 Å². The van der Waals surface area contributed by atoms with E-state index in [4.69, 9.17) is 14.5 Å². The summed E-state index contributed by atoms with van der Waals surface area (Å²) in [6.07, 6.45) is 7.42. The summed E-state index contributed by atoms with van der Waals surface area (Å²) in [5.74, 6) is 0.761. The fraction of sp³-hybridized carbons (Fsp3) is 0.231. The van der Waals surface area contributed by atoms with Crippen LogP contribution < -0.4 is 10.3 Å². The van der Waals surface area contributed by atoms with Gasteiger partial charge in [-0.3, -0.25) is 14.9 Å². The van der Waals surface area contributed by atoms with Crippen LogP contribution in [0.25, 0.3) is 38.9 Å². The van der Waals surface area contributed by atoms with Gasteiger partial charge in [-0.25, -0.2) is 9.50 Å². The van der Waals surface area contributed by atoms with Gasteiger partial charge in [0.2, 0.25) is 0 Å². The van der Waals surface area contributed by atoms with Crippen molar-refractivity contribution in [1.29, 1.82) is 0 Å². The van der Waals surface area contributed by atoms with E-state index in [1.807, 2.05) is 56.8 Å². The number of aromatic nitrogens is 5. The number of rotatable bonds is 6. The normalized spacial score (nSPS) is 14.5. The molecule has 0 amide bonds. The number of benzene rings is 1. The van der Waals surface area contributed by atoms with Gasteiger partial charge in [-0.15, -0.1) is 0 Å². The van der Waals surface area contributed by atoms with Crippen LogP contribution in [-0.4, -0.2) is 76.8 Å². The number of nitrogens with zero attached hydrogens (tertiary/aromatic N) is 6. The molecule has 1 fully saturated rings. The highest BCUT2D eigenvalue weighted by Gasteiger charge is 2.13. The average Bonchev–Trinajstić information content (AvgIpc) is 3.32. The van der Waals surface area contributed by atoms with E-state index in [2.05, 4.69) is 32.1 Å². The lowest BCUT2D eigenvalue weighted by atomic mass is 9.99. The number of morpholine rings is 1. The van der Waals surface area contributed by atoms with Gasteiger partial charge in [-0.2, -0.15) is 5.10 Å². The van der Waals surface area contributed by atoms with Crippen molar-refractivity contribution in [2.45, 2.75) is 0 Å². The zero-order chi connectivity index (χ0) is 23.6. The molecular weight excluding hydrogens is 439 g/mol. The summed E-state index contributed by atoms with van der Waals surface area (Å²) < 4.78 is 13.1. The van der Waals surface area contributed by atoms with Gasteiger partial charge in [0, 0.05) is 48.5 Å². The van der Waals surface area contributed by atoms with Gasteiger partial charge in [-0.1, -0.05) is 24.3 Å². The van der Waals surface area contributed by atoms with Crippen LogP contribution in [-0.2, 0) is 4.74 Å². The van der Waals surface area contributed by atoms with Gasteiger partial charge in [0.15, 0.2) is 13.5 Å². The molecule has 0 saturated carbocycles. The van der Waals surface area contributed by atoms with Crippen molar-refractivity contribution >= 4 is 30.0 Å². The van der Waals surface area contributed by atoms with Crippen LogP contribution in [0, 0.1) is 0 Å². The smallest absolute Gasteiger partial charge is 0.163 e. The molecule has 0 aliphatic carbocycles. The third-order valence-electron chi connectivity index (χ3n) is 6.33. The van der Waals surface area contributed by atoms with E-state index in [9.17, 15) is 0 Å². The van der Waals surface area contributed by atoms with Crippen molar-refractivity contribution in [3.8, 4) is 28.1 Å². The first kappa shape index (κ1) is 21.7. The zero-order valence-electron chi connectivity index (χ0n) is 19.6. The summed E-state index contributed by atoms with van der Waals surface area (Å²) in [4.78, 5) is 16.3. The van der Waals surface area contributed by atoms with Crippen molar-refractivity contribution in [3.05, 3.63) is 67.3 Å². The molecule has 0 atom stereocenters. The fourth-order valence-electron chi connectivity index (χ4n) is 4.44. The molecule has 1 aromatic carbocycles. The van der Waals surface area contributed by atoms with Crippen LogP contribution in [0.1, 0.15) is 0 Å². The van der Waals surface area contributed by atoms with E-state index in [1.165, 1.54) is 0 Å². The summed E-state index contributed by atoms with van der Waals surface area (Å²) in [7, 11) is 2.00. The van der Waals surface area contributed by atoms with E-state index in [0.717, 1.165) is 83.1 Å². The Balaban J connectivity index is 1.21. The standard InChI is InChI=1S/C26H25BN6O2/c27-25-7-5-21-20(2-1-3-24(21)31-25)22-16-30-33-17-18(14-29-26(22)33)23-6-4-19(15-28-23)35-13-10-32-8-11-34-12-9-32/h1-7,14-17H,8-13,27H2. The molecule has 0 bridgehead atoms. The summed E-state index contributed by atoms with van der Waals surface area (Å²) in [5, 5.41) is 5.66. The molecule has 0 radical (unpaired) electrons. The first-order valence-electron chi connectivity index (χ1n) is 11.8. The second-order valence-corrected chi connectivity index (χ2v) is 8.68. The third-order valence-corrected chi connectivity index (χ3v) is 6.33. The maximum Gasteiger partial charge on any atom is 0.163 e. The number of hydrogen-bond donors (Lipinski definition) is 0. The van der Waals surface area contributed by atoms with Gasteiger partial charge in [-0.05, 0) is 29.4 Å². The monoisotopic (exact) mass is 464 g/mol. The summed E-state index contributed by atoms with van der Waals surface area (Å²) >= 11 is 0. The number of pyridine rings is 2. The first-order valence-corrected chi connectivity index (χ1v) is 11.8. The first-order chi connectivity index (χ1) is 17.2. The number of fused-ring (bicyclic) bond motifs is 2. The van der Waals surface area contributed by atoms with Crippen LogP contribution in [0.3, 0.4) is 0 Å². The zero-order valence-corrected chi connectivity index (χ0v) is 19.6. The molecule has 5 heterocycles. The van der Waals surface area contributed by atoms with Crippen LogP contribution >= 0.6 is 0 Å². The number of ether oxygens (including phenoxy) is 2. The maximum atomic E-state index is 5.88. The van der Waals surface area contributed by atoms with E-state index in [-0.39, 0.29) is 0 Å². The molecule has 0 unspecified atom stereocenters. The molecule has 9 heteroatoms. The Kier molecular flexibility index (Phi) is 5.85. The quantitative estimate of drug-likeness (QED) is 0.356. The molecule has 174 valence electrons. The average molecular weight is 464 g/mol. The molecular formula is C26H25BN6O2. The van der Waals surface area contributed by atoms with E-state index < -0.39 is 0 Å². The molecule has 6 rings (SSSR count). The molecule has 0 spiro atoms. The highest BCUT2D eigenvalue weighted by Crippen LogP contribution is 2.30. The minimum atomic E-state index is 0.633. The molecule has 35 heavy (non-hydrogen) atoms. The topological polar surface area (TPSA) is 77.7 Å². The molecule has 5 aromatic rings. The Morgan fingerprint density at radius 2 is 1.86 bits per heavy atom. The lowest BCUT2D eigenvalue weighted by Crippen LogP contribution is -2.38. The van der Waals surface area contributed by atoms with E-state index in [0.29, 0.717) is 6.61 Å². The fourth-order valence-corrected chi connectivity index (χ4v) is 4.44. The predicted octanol–water partition coefficient (Wildman–Crippen LogP) is 1.98. The molecule has 1 aliphatic heterocycles. The van der Waals surface area contributed by atoms with Gasteiger partial charge in [0.05, 0.1) is 36.8 Å². The summed E-state index contributed by atoms with van der Waals surface area (Å²) in [6, 6.07) is 14.2. The Morgan fingerprint density at radius 1 is 0.943 bits per heavy atom. The van der Waals surface area contributed by atoms with Crippen LogP contribution in [0.5, 0.6) is 5.75 Å². The third kappa shape index (κ3) is 4.48. The van der Waals surface area contributed by atoms with Gasteiger partial charge >= 0.3 is 0 Å². The Labute approximate surface area is 204 Å².